The zero-order chi connectivity index (χ0) is 27.0. The van der Waals surface area contributed by atoms with Crippen LogP contribution in [0.3, 0.4) is 0 Å². The lowest BCUT2D eigenvalue weighted by molar-refractivity contribution is -0.139. The normalized spacial score (nSPS) is 15.7. The summed E-state index contributed by atoms with van der Waals surface area (Å²) < 4.78 is 57.2. The highest BCUT2D eigenvalue weighted by Gasteiger charge is 2.38. The number of benzene rings is 2. The molecular formula is C28H28F3N4O2S+. The number of hydrogen-bond acceptors (Lipinski definition) is 4. The number of nitrogens with zero attached hydrogens (tertiary/aromatic N) is 4. The Labute approximate surface area is 222 Å². The van der Waals surface area contributed by atoms with Crippen LogP contribution < -0.4 is 0 Å². The lowest BCUT2D eigenvalue weighted by Crippen LogP contribution is -2.24. The van der Waals surface area contributed by atoms with E-state index in [2.05, 4.69) is 18.6 Å². The van der Waals surface area contributed by atoms with Gasteiger partial charge in [0, 0.05) is 23.7 Å². The number of rotatable bonds is 7. The topological polar surface area (TPSA) is 65.0 Å². The fourth-order valence-corrected chi connectivity index (χ4v) is 5.28. The highest BCUT2D eigenvalue weighted by atomic mass is 32.2. The van der Waals surface area contributed by atoms with Crippen molar-refractivity contribution < 1.29 is 22.6 Å². The second kappa shape index (κ2) is 10.5. The second-order valence-electron chi connectivity index (χ2n) is 9.48. The smallest absolute Gasteiger partial charge is 0.364 e. The third kappa shape index (κ3) is 4.94. The van der Waals surface area contributed by atoms with Gasteiger partial charge < -0.3 is 18.6 Å². The lowest BCUT2D eigenvalue weighted by Gasteiger charge is -2.26. The van der Waals surface area contributed by atoms with Gasteiger partial charge >= 0.3 is 6.18 Å². The Morgan fingerprint density at radius 2 is 2.00 bits per heavy atom. The maximum absolute atomic E-state index is 13.8. The number of ether oxygens (including phenoxy) is 2. The fraction of sp³-hybridized carbons (Fsp3) is 0.357. The first kappa shape index (κ1) is 26.4. The number of fused-ring (bicyclic) bond motifs is 2. The third-order valence-corrected chi connectivity index (χ3v) is 7.78. The van der Waals surface area contributed by atoms with E-state index >= 15 is 0 Å². The van der Waals surface area contributed by atoms with Crippen molar-refractivity contribution in [1.29, 1.82) is 5.26 Å². The van der Waals surface area contributed by atoms with Crippen molar-refractivity contribution in [2.24, 2.45) is 0 Å². The van der Waals surface area contributed by atoms with Crippen molar-refractivity contribution >= 4 is 21.8 Å². The Bertz CT molecular complexity index is 1520. The zero-order valence-corrected chi connectivity index (χ0v) is 22.2. The monoisotopic (exact) mass is 541 g/mol. The summed E-state index contributed by atoms with van der Waals surface area (Å²) >= 11 is 0. The largest absolute Gasteiger partial charge is 0.416 e. The van der Waals surface area contributed by atoms with E-state index < -0.39 is 17.8 Å². The first-order valence-electron chi connectivity index (χ1n) is 12.2. The summed E-state index contributed by atoms with van der Waals surface area (Å²) in [5, 5.41) is 10.4. The van der Waals surface area contributed by atoms with E-state index in [0.717, 1.165) is 34.0 Å². The van der Waals surface area contributed by atoms with Crippen molar-refractivity contribution in [2.45, 2.75) is 32.5 Å². The predicted octanol–water partition coefficient (Wildman–Crippen LogP) is 5.68. The van der Waals surface area contributed by atoms with Gasteiger partial charge in [-0.25, -0.2) is 4.98 Å². The molecule has 4 aromatic rings. The van der Waals surface area contributed by atoms with Crippen LogP contribution in [0.25, 0.3) is 22.3 Å². The maximum Gasteiger partial charge on any atom is 0.416 e. The summed E-state index contributed by atoms with van der Waals surface area (Å²) in [6.07, 6.45) is 0.744. The number of alkyl halides is 3. The first-order valence-corrected chi connectivity index (χ1v) is 14.4. The summed E-state index contributed by atoms with van der Waals surface area (Å²) in [5.74, 6) is 1.37. The van der Waals surface area contributed by atoms with Crippen molar-refractivity contribution in [3.63, 3.8) is 0 Å². The van der Waals surface area contributed by atoms with Gasteiger partial charge in [-0.05, 0) is 47.6 Å². The Kier molecular flexibility index (Phi) is 7.27. The quantitative estimate of drug-likeness (QED) is 0.223. The molecule has 1 aliphatic rings. The van der Waals surface area contributed by atoms with Gasteiger partial charge in [0.1, 0.15) is 30.1 Å². The molecule has 0 amide bonds. The Morgan fingerprint density at radius 3 is 2.74 bits per heavy atom. The van der Waals surface area contributed by atoms with E-state index in [4.69, 9.17) is 14.5 Å². The summed E-state index contributed by atoms with van der Waals surface area (Å²) in [6.45, 7) is 3.56. The minimum atomic E-state index is -4.51. The number of nitriles is 1. The molecule has 198 valence electrons. The molecule has 1 aliphatic heterocycles. The highest BCUT2D eigenvalue weighted by Crippen LogP contribution is 2.40. The predicted molar refractivity (Wildman–Crippen MR) is 142 cm³/mol. The van der Waals surface area contributed by atoms with Gasteiger partial charge in [0.05, 0.1) is 54.1 Å². The Morgan fingerprint density at radius 1 is 1.21 bits per heavy atom. The molecule has 0 saturated carbocycles. The summed E-state index contributed by atoms with van der Waals surface area (Å²) in [4.78, 5) is 4.82. The van der Waals surface area contributed by atoms with E-state index in [1.807, 2.05) is 34.4 Å². The van der Waals surface area contributed by atoms with E-state index in [9.17, 15) is 18.4 Å². The standard InChI is InChI=1S/C28H28F3N4O2S/c1-18-19(15-32)8-9-24-21(18)14-25(35(24)17-36-12-13-38(2)3)23-16-34-10-11-37-26(27(34)33-23)20-6-4-5-7-22(20)28(29,30)31/h4-9,14,16,26H,10-13,17H2,1-3H3/q+1. The fourth-order valence-electron chi connectivity index (χ4n) is 4.83. The van der Waals surface area contributed by atoms with Gasteiger partial charge in [-0.15, -0.1) is 0 Å². The van der Waals surface area contributed by atoms with Gasteiger partial charge in [-0.3, -0.25) is 0 Å². The van der Waals surface area contributed by atoms with Crippen LogP contribution in [-0.4, -0.2) is 45.6 Å². The molecule has 2 aromatic heterocycles. The van der Waals surface area contributed by atoms with Crippen LogP contribution in [0.15, 0.2) is 48.7 Å². The van der Waals surface area contributed by atoms with E-state index in [1.165, 1.54) is 12.1 Å². The van der Waals surface area contributed by atoms with Crippen molar-refractivity contribution in [3.05, 3.63) is 76.7 Å². The SMILES string of the molecule is Cc1c(C#N)ccc2c1cc(-c1cn3c(n1)C(c1ccccc1C(F)(F)F)OCC3)n2COCC[S+](C)C. The zero-order valence-electron chi connectivity index (χ0n) is 21.4. The summed E-state index contributed by atoms with van der Waals surface area (Å²) in [6, 6.07) is 13.4. The number of imidazole rings is 1. The number of halogens is 3. The minimum Gasteiger partial charge on any atom is -0.364 e. The molecule has 2 aromatic carbocycles. The van der Waals surface area contributed by atoms with Gasteiger partial charge in [-0.1, -0.05) is 18.2 Å². The van der Waals surface area contributed by atoms with E-state index in [1.54, 1.807) is 12.1 Å². The molecule has 5 rings (SSSR count). The molecule has 0 bridgehead atoms. The summed E-state index contributed by atoms with van der Waals surface area (Å²) in [5.41, 5.74) is 3.06. The molecule has 0 saturated heterocycles. The van der Waals surface area contributed by atoms with Crippen LogP contribution in [0.2, 0.25) is 0 Å². The average molecular weight is 542 g/mol. The van der Waals surface area contributed by atoms with Crippen LogP contribution in [0.4, 0.5) is 13.2 Å². The molecule has 10 heteroatoms. The van der Waals surface area contributed by atoms with Crippen LogP contribution in [0.5, 0.6) is 0 Å². The number of aromatic nitrogens is 3. The average Bonchev–Trinajstić information content (AvgIpc) is 3.48. The second-order valence-corrected chi connectivity index (χ2v) is 11.9. The number of hydrogen-bond donors (Lipinski definition) is 0. The van der Waals surface area contributed by atoms with Crippen LogP contribution in [-0.2, 0) is 39.8 Å². The molecule has 38 heavy (non-hydrogen) atoms. The van der Waals surface area contributed by atoms with E-state index in [0.29, 0.717) is 37.0 Å². The van der Waals surface area contributed by atoms with Crippen LogP contribution >= 0.6 is 0 Å². The van der Waals surface area contributed by atoms with E-state index in [-0.39, 0.29) is 23.1 Å². The minimum absolute atomic E-state index is 0.0472. The molecule has 3 heterocycles. The molecule has 0 N–H and O–H groups in total. The van der Waals surface area contributed by atoms with Crippen LogP contribution in [0, 0.1) is 18.3 Å². The molecule has 0 spiro atoms. The lowest BCUT2D eigenvalue weighted by atomic mass is 10.0. The molecule has 0 radical (unpaired) electrons. The molecule has 1 unspecified atom stereocenters. The maximum atomic E-state index is 13.8. The van der Waals surface area contributed by atoms with Crippen molar-refractivity contribution in [1.82, 2.24) is 14.1 Å². The molecule has 0 aliphatic carbocycles. The summed E-state index contributed by atoms with van der Waals surface area (Å²) in [7, 11) is 0.254. The van der Waals surface area contributed by atoms with Crippen molar-refractivity contribution in [2.75, 3.05) is 31.5 Å². The van der Waals surface area contributed by atoms with Gasteiger partial charge in [0.25, 0.3) is 0 Å². The third-order valence-electron chi connectivity index (χ3n) is 6.80. The Balaban J connectivity index is 1.60. The molecule has 6 nitrogen and oxygen atoms in total. The van der Waals surface area contributed by atoms with Gasteiger partial charge in [0.2, 0.25) is 0 Å². The van der Waals surface area contributed by atoms with Gasteiger partial charge in [-0.2, -0.15) is 18.4 Å². The first-order chi connectivity index (χ1) is 18.2. The van der Waals surface area contributed by atoms with Crippen LogP contribution in [0.1, 0.15) is 34.2 Å². The Hall–Kier alpha value is -3.26. The molecular weight excluding hydrogens is 513 g/mol. The number of aryl methyl sites for hydroxylation is 1. The highest BCUT2D eigenvalue weighted by molar-refractivity contribution is 7.95. The molecule has 0 fully saturated rings. The van der Waals surface area contributed by atoms with Crippen molar-refractivity contribution in [3.8, 4) is 17.5 Å². The molecule has 1 atom stereocenters. The van der Waals surface area contributed by atoms with Gasteiger partial charge in [0.15, 0.2) is 0 Å².